The van der Waals surface area contributed by atoms with Gasteiger partial charge in [0.2, 0.25) is 0 Å². The predicted octanol–water partition coefficient (Wildman–Crippen LogP) is 3.81. The van der Waals surface area contributed by atoms with E-state index in [1.165, 1.54) is 12.1 Å². The first-order valence-corrected chi connectivity index (χ1v) is 7.10. The largest absolute Gasteiger partial charge is 0.462 e. The standard InChI is InChI=1S/C16H15FN2O2S/c1-2-21-15(20)13-5-3-4-6-14(13)19-16(22)18-12-9-7-11(17)8-10-12/h3-10H,2H2,1H3,(H2,18,19,22). The summed E-state index contributed by atoms with van der Waals surface area (Å²) in [6.45, 7) is 2.04. The molecule has 0 atom stereocenters. The summed E-state index contributed by atoms with van der Waals surface area (Å²) in [4.78, 5) is 11.9. The Morgan fingerprint density at radius 2 is 1.82 bits per heavy atom. The molecule has 0 bridgehead atoms. The zero-order valence-electron chi connectivity index (χ0n) is 11.9. The summed E-state index contributed by atoms with van der Waals surface area (Å²) in [5.74, 6) is -0.743. The second-order valence-electron chi connectivity index (χ2n) is 4.35. The third kappa shape index (κ3) is 4.26. The third-order valence-corrected chi connectivity index (χ3v) is 2.98. The molecule has 0 aliphatic heterocycles. The fraction of sp³-hybridized carbons (Fsp3) is 0.125. The molecule has 0 unspecified atom stereocenters. The normalized spacial score (nSPS) is 9.91. The Bertz CT molecular complexity index is 674. The second kappa shape index (κ2) is 7.51. The molecule has 0 saturated carbocycles. The SMILES string of the molecule is CCOC(=O)c1ccccc1NC(=S)Nc1ccc(F)cc1. The average molecular weight is 318 g/mol. The molecule has 0 aliphatic rings. The monoisotopic (exact) mass is 318 g/mol. The zero-order chi connectivity index (χ0) is 15.9. The minimum Gasteiger partial charge on any atom is -0.462 e. The lowest BCUT2D eigenvalue weighted by Crippen LogP contribution is -2.21. The van der Waals surface area contributed by atoms with E-state index < -0.39 is 5.97 Å². The van der Waals surface area contributed by atoms with Gasteiger partial charge in [-0.2, -0.15) is 0 Å². The highest BCUT2D eigenvalue weighted by molar-refractivity contribution is 7.80. The minimum absolute atomic E-state index is 0.295. The van der Waals surface area contributed by atoms with Crippen molar-refractivity contribution in [3.63, 3.8) is 0 Å². The topological polar surface area (TPSA) is 50.4 Å². The molecule has 2 rings (SSSR count). The number of carbonyl (C=O) groups excluding carboxylic acids is 1. The number of hydrogen-bond acceptors (Lipinski definition) is 3. The lowest BCUT2D eigenvalue weighted by molar-refractivity contribution is 0.0527. The molecule has 2 aromatic rings. The van der Waals surface area contributed by atoms with E-state index >= 15 is 0 Å². The summed E-state index contributed by atoms with van der Waals surface area (Å²) in [6.07, 6.45) is 0. The fourth-order valence-electron chi connectivity index (χ4n) is 1.80. The quantitative estimate of drug-likeness (QED) is 0.663. The van der Waals surface area contributed by atoms with Crippen LogP contribution in [0.3, 0.4) is 0 Å². The van der Waals surface area contributed by atoms with E-state index in [1.807, 2.05) is 0 Å². The van der Waals surface area contributed by atoms with Gasteiger partial charge in [0.1, 0.15) is 5.82 Å². The number of carbonyl (C=O) groups is 1. The number of para-hydroxylation sites is 1. The third-order valence-electron chi connectivity index (χ3n) is 2.77. The first-order valence-electron chi connectivity index (χ1n) is 6.70. The Morgan fingerprint density at radius 3 is 2.50 bits per heavy atom. The van der Waals surface area contributed by atoms with Crippen LogP contribution in [0.5, 0.6) is 0 Å². The molecule has 0 radical (unpaired) electrons. The smallest absolute Gasteiger partial charge is 0.340 e. The van der Waals surface area contributed by atoms with Crippen molar-refractivity contribution in [2.24, 2.45) is 0 Å². The van der Waals surface area contributed by atoms with Crippen LogP contribution < -0.4 is 10.6 Å². The van der Waals surface area contributed by atoms with Crippen LogP contribution in [0.2, 0.25) is 0 Å². The minimum atomic E-state index is -0.421. The van der Waals surface area contributed by atoms with Crippen LogP contribution in [0, 0.1) is 5.82 Å². The fourth-order valence-corrected chi connectivity index (χ4v) is 2.02. The number of hydrogen-bond donors (Lipinski definition) is 2. The lowest BCUT2D eigenvalue weighted by Gasteiger charge is -2.13. The lowest BCUT2D eigenvalue weighted by atomic mass is 10.2. The predicted molar refractivity (Wildman–Crippen MR) is 88.6 cm³/mol. The van der Waals surface area contributed by atoms with Gasteiger partial charge in [-0.15, -0.1) is 0 Å². The van der Waals surface area contributed by atoms with E-state index in [-0.39, 0.29) is 5.82 Å². The highest BCUT2D eigenvalue weighted by Crippen LogP contribution is 2.17. The van der Waals surface area contributed by atoms with Gasteiger partial charge < -0.3 is 15.4 Å². The van der Waals surface area contributed by atoms with Crippen LogP contribution in [0.1, 0.15) is 17.3 Å². The van der Waals surface area contributed by atoms with Crippen LogP contribution >= 0.6 is 12.2 Å². The summed E-state index contributed by atoms with van der Waals surface area (Å²) < 4.78 is 17.9. The van der Waals surface area contributed by atoms with E-state index in [0.717, 1.165) is 0 Å². The highest BCUT2D eigenvalue weighted by atomic mass is 32.1. The number of esters is 1. The van der Waals surface area contributed by atoms with E-state index in [2.05, 4.69) is 10.6 Å². The molecule has 22 heavy (non-hydrogen) atoms. The molecule has 2 N–H and O–H groups in total. The Balaban J connectivity index is 2.08. The van der Waals surface area contributed by atoms with Crippen molar-refractivity contribution >= 4 is 34.7 Å². The number of benzene rings is 2. The maximum atomic E-state index is 12.9. The summed E-state index contributed by atoms with van der Waals surface area (Å²) in [6, 6.07) is 12.7. The highest BCUT2D eigenvalue weighted by Gasteiger charge is 2.12. The molecule has 0 saturated heterocycles. The summed E-state index contributed by atoms with van der Waals surface area (Å²) in [5.41, 5.74) is 1.58. The molecule has 0 amide bonds. The average Bonchev–Trinajstić information content (AvgIpc) is 2.50. The van der Waals surface area contributed by atoms with Crippen molar-refractivity contribution in [1.29, 1.82) is 0 Å². The van der Waals surface area contributed by atoms with Gasteiger partial charge in [-0.25, -0.2) is 9.18 Å². The first kappa shape index (κ1) is 15.9. The first-order chi connectivity index (χ1) is 10.6. The molecular formula is C16H15FN2O2S. The van der Waals surface area contributed by atoms with E-state index in [0.29, 0.717) is 28.7 Å². The maximum Gasteiger partial charge on any atom is 0.340 e. The zero-order valence-corrected chi connectivity index (χ0v) is 12.7. The van der Waals surface area contributed by atoms with Crippen molar-refractivity contribution in [3.05, 3.63) is 59.9 Å². The molecule has 0 aliphatic carbocycles. The molecule has 114 valence electrons. The van der Waals surface area contributed by atoms with Gasteiger partial charge >= 0.3 is 5.97 Å². The Kier molecular flexibility index (Phi) is 5.43. The van der Waals surface area contributed by atoms with Gasteiger partial charge in [-0.05, 0) is 55.5 Å². The van der Waals surface area contributed by atoms with Crippen LogP contribution in [0.15, 0.2) is 48.5 Å². The molecular weight excluding hydrogens is 303 g/mol. The summed E-state index contributed by atoms with van der Waals surface area (Å²) in [7, 11) is 0. The molecule has 6 heteroatoms. The molecule has 0 fully saturated rings. The van der Waals surface area contributed by atoms with Crippen molar-refractivity contribution in [1.82, 2.24) is 0 Å². The number of rotatable bonds is 4. The van der Waals surface area contributed by atoms with Gasteiger partial charge in [0.15, 0.2) is 5.11 Å². The van der Waals surface area contributed by atoms with Crippen LogP contribution in [0.25, 0.3) is 0 Å². The van der Waals surface area contributed by atoms with Crippen molar-refractivity contribution in [2.45, 2.75) is 6.92 Å². The van der Waals surface area contributed by atoms with Crippen LogP contribution in [-0.2, 0) is 4.74 Å². The van der Waals surface area contributed by atoms with Crippen LogP contribution in [0.4, 0.5) is 15.8 Å². The Labute approximate surface area is 133 Å². The molecule has 0 spiro atoms. The molecule has 4 nitrogen and oxygen atoms in total. The number of ether oxygens (including phenoxy) is 1. The molecule has 0 heterocycles. The number of halogens is 1. The second-order valence-corrected chi connectivity index (χ2v) is 4.76. The van der Waals surface area contributed by atoms with E-state index in [4.69, 9.17) is 17.0 Å². The maximum absolute atomic E-state index is 12.9. The van der Waals surface area contributed by atoms with Gasteiger partial charge in [0, 0.05) is 5.69 Å². The van der Waals surface area contributed by atoms with Gasteiger partial charge in [-0.3, -0.25) is 0 Å². The van der Waals surface area contributed by atoms with Crippen LogP contribution in [-0.4, -0.2) is 17.7 Å². The van der Waals surface area contributed by atoms with Gasteiger partial charge in [0.05, 0.1) is 17.9 Å². The van der Waals surface area contributed by atoms with Gasteiger partial charge in [0.25, 0.3) is 0 Å². The number of thiocarbonyl (C=S) groups is 1. The Hall–Kier alpha value is -2.47. The number of anilines is 2. The molecule has 0 aromatic heterocycles. The van der Waals surface area contributed by atoms with E-state index in [9.17, 15) is 9.18 Å². The summed E-state index contributed by atoms with van der Waals surface area (Å²) >= 11 is 5.19. The number of nitrogens with one attached hydrogen (secondary N) is 2. The van der Waals surface area contributed by atoms with Crippen molar-refractivity contribution in [2.75, 3.05) is 17.2 Å². The molecule has 2 aromatic carbocycles. The Morgan fingerprint density at radius 1 is 1.14 bits per heavy atom. The summed E-state index contributed by atoms with van der Waals surface area (Å²) in [5, 5.41) is 6.15. The van der Waals surface area contributed by atoms with Crippen molar-refractivity contribution in [3.8, 4) is 0 Å². The van der Waals surface area contributed by atoms with Gasteiger partial charge in [-0.1, -0.05) is 12.1 Å². The van der Waals surface area contributed by atoms with E-state index in [1.54, 1.807) is 43.3 Å². The van der Waals surface area contributed by atoms with Crippen molar-refractivity contribution < 1.29 is 13.9 Å².